The lowest BCUT2D eigenvalue weighted by molar-refractivity contribution is -0.118. The average molecular weight is 320 g/mol. The molecule has 3 nitrogen and oxygen atoms in total. The SMILES string of the molecule is Cc1ccccc1NC(=O)C(C)n1ccc2cc(C(C)C)ccc21. The van der Waals surface area contributed by atoms with Gasteiger partial charge in [-0.15, -0.1) is 0 Å². The molecule has 0 bridgehead atoms. The number of para-hydroxylation sites is 1. The van der Waals surface area contributed by atoms with Crippen molar-refractivity contribution in [3.63, 3.8) is 0 Å². The number of nitrogens with one attached hydrogen (secondary N) is 1. The van der Waals surface area contributed by atoms with E-state index in [1.54, 1.807) is 0 Å². The molecule has 0 fully saturated rings. The van der Waals surface area contributed by atoms with Crippen LogP contribution in [0, 0.1) is 6.92 Å². The summed E-state index contributed by atoms with van der Waals surface area (Å²) in [5.74, 6) is 0.495. The third-order valence-electron chi connectivity index (χ3n) is 4.61. The first-order valence-electron chi connectivity index (χ1n) is 8.44. The van der Waals surface area contributed by atoms with Crippen molar-refractivity contribution >= 4 is 22.5 Å². The third-order valence-corrected chi connectivity index (χ3v) is 4.61. The number of nitrogens with zero attached hydrogens (tertiary/aromatic N) is 1. The Labute approximate surface area is 143 Å². The summed E-state index contributed by atoms with van der Waals surface area (Å²) in [6, 6.07) is 16.1. The Bertz CT molecular complexity index is 876. The Morgan fingerprint density at radius 2 is 1.79 bits per heavy atom. The Balaban J connectivity index is 1.87. The summed E-state index contributed by atoms with van der Waals surface area (Å²) in [5, 5.41) is 4.21. The highest BCUT2D eigenvalue weighted by atomic mass is 16.2. The van der Waals surface area contributed by atoms with Crippen LogP contribution in [0.1, 0.15) is 43.9 Å². The summed E-state index contributed by atoms with van der Waals surface area (Å²) >= 11 is 0. The Hall–Kier alpha value is -2.55. The second kappa shape index (κ2) is 6.52. The molecular weight excluding hydrogens is 296 g/mol. The highest BCUT2D eigenvalue weighted by Crippen LogP contribution is 2.25. The summed E-state index contributed by atoms with van der Waals surface area (Å²) in [6.07, 6.45) is 2.00. The summed E-state index contributed by atoms with van der Waals surface area (Å²) in [7, 11) is 0. The number of hydrogen-bond acceptors (Lipinski definition) is 1. The fourth-order valence-corrected chi connectivity index (χ4v) is 2.96. The van der Waals surface area contributed by atoms with E-state index in [2.05, 4.69) is 43.4 Å². The Morgan fingerprint density at radius 3 is 2.50 bits per heavy atom. The van der Waals surface area contributed by atoms with Crippen molar-refractivity contribution in [2.45, 2.75) is 39.7 Å². The molecule has 1 atom stereocenters. The van der Waals surface area contributed by atoms with Gasteiger partial charge in [0.15, 0.2) is 0 Å². The number of aromatic nitrogens is 1. The molecule has 1 aromatic heterocycles. The van der Waals surface area contributed by atoms with Crippen LogP contribution in [0.2, 0.25) is 0 Å². The van der Waals surface area contributed by atoms with E-state index >= 15 is 0 Å². The molecular formula is C21H24N2O. The number of aryl methyl sites for hydroxylation is 1. The van der Waals surface area contributed by atoms with E-state index in [9.17, 15) is 4.79 Å². The molecule has 124 valence electrons. The van der Waals surface area contributed by atoms with Gasteiger partial charge in [0.25, 0.3) is 0 Å². The first-order valence-corrected chi connectivity index (χ1v) is 8.44. The minimum atomic E-state index is -0.271. The van der Waals surface area contributed by atoms with Gasteiger partial charge in [-0.05, 0) is 60.5 Å². The molecule has 0 aliphatic rings. The van der Waals surface area contributed by atoms with E-state index in [0.717, 1.165) is 16.8 Å². The number of carbonyl (C=O) groups is 1. The molecule has 0 spiro atoms. The number of fused-ring (bicyclic) bond motifs is 1. The lowest BCUT2D eigenvalue weighted by Crippen LogP contribution is -2.23. The molecule has 0 aliphatic heterocycles. The van der Waals surface area contributed by atoms with Gasteiger partial charge in [0.05, 0.1) is 0 Å². The monoisotopic (exact) mass is 320 g/mol. The van der Waals surface area contributed by atoms with Crippen molar-refractivity contribution in [2.75, 3.05) is 5.32 Å². The topological polar surface area (TPSA) is 34.0 Å². The number of anilines is 1. The van der Waals surface area contributed by atoms with Crippen LogP contribution in [-0.4, -0.2) is 10.5 Å². The molecule has 2 aromatic carbocycles. The van der Waals surface area contributed by atoms with Crippen molar-refractivity contribution in [3.05, 3.63) is 65.9 Å². The fourth-order valence-electron chi connectivity index (χ4n) is 2.96. The van der Waals surface area contributed by atoms with Crippen LogP contribution in [0.15, 0.2) is 54.7 Å². The number of hydrogen-bond donors (Lipinski definition) is 1. The molecule has 0 saturated carbocycles. The van der Waals surface area contributed by atoms with Crippen LogP contribution in [0.5, 0.6) is 0 Å². The highest BCUT2D eigenvalue weighted by molar-refractivity contribution is 5.95. The van der Waals surface area contributed by atoms with E-state index in [-0.39, 0.29) is 11.9 Å². The summed E-state index contributed by atoms with van der Waals surface area (Å²) < 4.78 is 2.03. The summed E-state index contributed by atoms with van der Waals surface area (Å²) in [5.41, 5.74) is 4.34. The summed E-state index contributed by atoms with van der Waals surface area (Å²) in [4.78, 5) is 12.6. The third kappa shape index (κ3) is 3.07. The maximum atomic E-state index is 12.6. The zero-order valence-electron chi connectivity index (χ0n) is 14.7. The molecule has 3 rings (SSSR count). The van der Waals surface area contributed by atoms with Crippen LogP contribution >= 0.6 is 0 Å². The predicted molar refractivity (Wildman–Crippen MR) is 101 cm³/mol. The van der Waals surface area contributed by atoms with Crippen molar-refractivity contribution in [1.82, 2.24) is 4.57 Å². The van der Waals surface area contributed by atoms with Gasteiger partial charge in [-0.3, -0.25) is 4.79 Å². The molecule has 1 amide bonds. The molecule has 1 unspecified atom stereocenters. The number of carbonyl (C=O) groups excluding carboxylic acids is 1. The second-order valence-corrected chi connectivity index (χ2v) is 6.68. The standard InChI is InChI=1S/C21H24N2O/c1-14(2)17-9-10-20-18(13-17)11-12-23(20)16(4)21(24)22-19-8-6-5-7-15(19)3/h5-14,16H,1-4H3,(H,22,24). The lowest BCUT2D eigenvalue weighted by Gasteiger charge is -2.17. The van der Waals surface area contributed by atoms with Crippen LogP contribution in [0.25, 0.3) is 10.9 Å². The molecule has 0 saturated heterocycles. The maximum absolute atomic E-state index is 12.6. The van der Waals surface area contributed by atoms with E-state index in [1.807, 2.05) is 48.9 Å². The largest absolute Gasteiger partial charge is 0.335 e. The van der Waals surface area contributed by atoms with Crippen molar-refractivity contribution in [1.29, 1.82) is 0 Å². The minimum absolute atomic E-state index is 0.00487. The van der Waals surface area contributed by atoms with Gasteiger partial charge in [0.2, 0.25) is 5.91 Å². The molecule has 0 radical (unpaired) electrons. The van der Waals surface area contributed by atoms with E-state index in [1.165, 1.54) is 10.9 Å². The second-order valence-electron chi connectivity index (χ2n) is 6.68. The van der Waals surface area contributed by atoms with Gasteiger partial charge >= 0.3 is 0 Å². The van der Waals surface area contributed by atoms with Crippen molar-refractivity contribution in [2.24, 2.45) is 0 Å². The minimum Gasteiger partial charge on any atom is -0.335 e. The number of rotatable bonds is 4. The Morgan fingerprint density at radius 1 is 1.04 bits per heavy atom. The highest BCUT2D eigenvalue weighted by Gasteiger charge is 2.17. The quantitative estimate of drug-likeness (QED) is 0.698. The van der Waals surface area contributed by atoms with Crippen LogP contribution in [0.4, 0.5) is 5.69 Å². The smallest absolute Gasteiger partial charge is 0.247 e. The molecule has 3 heteroatoms. The Kier molecular flexibility index (Phi) is 4.43. The average Bonchev–Trinajstić information content (AvgIpc) is 2.99. The first-order chi connectivity index (χ1) is 11.5. The molecule has 1 heterocycles. The normalized spacial score (nSPS) is 12.5. The number of benzene rings is 2. The molecule has 1 N–H and O–H groups in total. The molecule has 0 aliphatic carbocycles. The van der Waals surface area contributed by atoms with Crippen LogP contribution < -0.4 is 5.32 Å². The lowest BCUT2D eigenvalue weighted by atomic mass is 10.0. The van der Waals surface area contributed by atoms with Crippen LogP contribution in [0.3, 0.4) is 0 Å². The van der Waals surface area contributed by atoms with Gasteiger partial charge in [-0.2, -0.15) is 0 Å². The zero-order valence-corrected chi connectivity index (χ0v) is 14.7. The number of amides is 1. The first kappa shape index (κ1) is 16.3. The fraction of sp³-hybridized carbons (Fsp3) is 0.286. The zero-order chi connectivity index (χ0) is 17.3. The van der Waals surface area contributed by atoms with E-state index < -0.39 is 0 Å². The van der Waals surface area contributed by atoms with Gasteiger partial charge in [-0.1, -0.05) is 38.1 Å². The van der Waals surface area contributed by atoms with Gasteiger partial charge in [-0.25, -0.2) is 0 Å². The van der Waals surface area contributed by atoms with Gasteiger partial charge < -0.3 is 9.88 Å². The molecule has 24 heavy (non-hydrogen) atoms. The van der Waals surface area contributed by atoms with Crippen LogP contribution in [-0.2, 0) is 4.79 Å². The van der Waals surface area contributed by atoms with Gasteiger partial charge in [0, 0.05) is 17.4 Å². The molecule has 3 aromatic rings. The van der Waals surface area contributed by atoms with Crippen molar-refractivity contribution in [3.8, 4) is 0 Å². The summed E-state index contributed by atoms with van der Waals surface area (Å²) in [6.45, 7) is 8.31. The maximum Gasteiger partial charge on any atom is 0.247 e. The van der Waals surface area contributed by atoms with Gasteiger partial charge in [0.1, 0.15) is 6.04 Å². The van der Waals surface area contributed by atoms with Crippen molar-refractivity contribution < 1.29 is 4.79 Å². The van der Waals surface area contributed by atoms with E-state index in [0.29, 0.717) is 5.92 Å². The predicted octanol–water partition coefficient (Wildman–Crippen LogP) is 5.27. The van der Waals surface area contributed by atoms with E-state index in [4.69, 9.17) is 0 Å².